The van der Waals surface area contributed by atoms with E-state index in [1.54, 1.807) is 31.3 Å². The zero-order valence-corrected chi connectivity index (χ0v) is 23.2. The molecule has 4 heterocycles. The number of nitrogens with zero attached hydrogens (tertiary/aromatic N) is 6. The standard InChI is InChI=1S/C27H32F4N8O2/c1-26(2,3)38-9-8-20(18(28)14-38)34-19-6-5-7-21-17(19)10-22(39(21)15-27(29,30)31)24-35-23(41-36-24)12-32-25(40)16-11-33-37(4)13-16/h5-7,10-11,13,18,20,34H,8-9,12,14-15H2,1-4H3,(H,32,40). The van der Waals surface area contributed by atoms with E-state index in [9.17, 15) is 18.0 Å². The number of carbonyl (C=O) groups is 1. The summed E-state index contributed by atoms with van der Waals surface area (Å²) in [5.41, 5.74) is 1.07. The summed E-state index contributed by atoms with van der Waals surface area (Å²) in [4.78, 5) is 18.6. The van der Waals surface area contributed by atoms with Gasteiger partial charge in [0.2, 0.25) is 11.7 Å². The number of hydrogen-bond acceptors (Lipinski definition) is 7. The maximum absolute atomic E-state index is 15.2. The molecule has 0 bridgehead atoms. The zero-order valence-electron chi connectivity index (χ0n) is 23.2. The maximum atomic E-state index is 15.2. The molecule has 220 valence electrons. The van der Waals surface area contributed by atoms with Crippen molar-refractivity contribution in [1.82, 2.24) is 34.7 Å². The van der Waals surface area contributed by atoms with Gasteiger partial charge in [0, 0.05) is 42.9 Å². The summed E-state index contributed by atoms with van der Waals surface area (Å²) >= 11 is 0. The van der Waals surface area contributed by atoms with Crippen molar-refractivity contribution in [2.24, 2.45) is 7.05 Å². The van der Waals surface area contributed by atoms with Crippen LogP contribution < -0.4 is 10.6 Å². The zero-order chi connectivity index (χ0) is 29.5. The molecule has 41 heavy (non-hydrogen) atoms. The monoisotopic (exact) mass is 576 g/mol. The minimum Gasteiger partial charge on any atom is -0.379 e. The van der Waals surface area contributed by atoms with Gasteiger partial charge in [0.05, 0.1) is 35.6 Å². The molecule has 0 saturated carbocycles. The van der Waals surface area contributed by atoms with Crippen molar-refractivity contribution in [3.05, 3.63) is 48.1 Å². The van der Waals surface area contributed by atoms with Gasteiger partial charge in [-0.3, -0.25) is 14.4 Å². The van der Waals surface area contributed by atoms with Gasteiger partial charge in [-0.2, -0.15) is 23.3 Å². The van der Waals surface area contributed by atoms with E-state index in [1.807, 2.05) is 20.8 Å². The molecule has 4 aromatic rings. The molecule has 5 rings (SSSR count). The molecule has 1 aromatic carbocycles. The number of aromatic nitrogens is 5. The Kier molecular flexibility index (Phi) is 7.53. The Morgan fingerprint density at radius 2 is 2.00 bits per heavy atom. The Hall–Kier alpha value is -3.94. The summed E-state index contributed by atoms with van der Waals surface area (Å²) < 4.78 is 64.0. The largest absolute Gasteiger partial charge is 0.406 e. The number of hydrogen-bond donors (Lipinski definition) is 2. The molecular formula is C27H32F4N8O2. The smallest absolute Gasteiger partial charge is 0.379 e. The van der Waals surface area contributed by atoms with Crippen LogP contribution in [0, 0.1) is 0 Å². The van der Waals surface area contributed by atoms with Crippen molar-refractivity contribution in [3.63, 3.8) is 0 Å². The van der Waals surface area contributed by atoms with Gasteiger partial charge < -0.3 is 19.7 Å². The SMILES string of the molecule is Cn1cc(C(=O)NCc2nc(-c3cc4c(NC5CCN(C(C)(C)C)CC5F)cccc4n3CC(F)(F)F)no2)cn1. The Morgan fingerprint density at radius 3 is 2.66 bits per heavy atom. The van der Waals surface area contributed by atoms with Crippen molar-refractivity contribution < 1.29 is 26.9 Å². The first-order chi connectivity index (χ1) is 19.3. The molecular weight excluding hydrogens is 544 g/mol. The molecule has 10 nitrogen and oxygen atoms in total. The van der Waals surface area contributed by atoms with Crippen LogP contribution in [-0.4, -0.2) is 72.3 Å². The third kappa shape index (κ3) is 6.37. The van der Waals surface area contributed by atoms with Gasteiger partial charge in [-0.15, -0.1) is 0 Å². The van der Waals surface area contributed by atoms with Crippen molar-refractivity contribution >= 4 is 22.5 Å². The number of benzene rings is 1. The van der Waals surface area contributed by atoms with Gasteiger partial charge in [0.25, 0.3) is 5.91 Å². The van der Waals surface area contributed by atoms with Crippen LogP contribution in [0.2, 0.25) is 0 Å². The number of nitrogens with one attached hydrogen (secondary N) is 2. The van der Waals surface area contributed by atoms with E-state index in [2.05, 4.69) is 30.8 Å². The van der Waals surface area contributed by atoms with Crippen LogP contribution in [0.25, 0.3) is 22.4 Å². The first-order valence-corrected chi connectivity index (χ1v) is 13.2. The molecule has 1 saturated heterocycles. The van der Waals surface area contributed by atoms with Crippen LogP contribution in [0.15, 0.2) is 41.2 Å². The Morgan fingerprint density at radius 1 is 1.22 bits per heavy atom. The van der Waals surface area contributed by atoms with Gasteiger partial charge in [0.1, 0.15) is 12.7 Å². The Bertz CT molecular complexity index is 1530. The lowest BCUT2D eigenvalue weighted by Gasteiger charge is -2.42. The van der Waals surface area contributed by atoms with Crippen LogP contribution in [0.5, 0.6) is 0 Å². The molecule has 2 atom stereocenters. The second-order valence-electron chi connectivity index (χ2n) is 11.2. The van der Waals surface area contributed by atoms with E-state index in [-0.39, 0.29) is 36.0 Å². The molecule has 14 heteroatoms. The first-order valence-electron chi connectivity index (χ1n) is 13.2. The third-order valence-corrected chi connectivity index (χ3v) is 7.18. The fourth-order valence-electron chi connectivity index (χ4n) is 5.05. The van der Waals surface area contributed by atoms with Crippen LogP contribution in [-0.2, 0) is 20.1 Å². The van der Waals surface area contributed by atoms with Crippen molar-refractivity contribution in [1.29, 1.82) is 0 Å². The summed E-state index contributed by atoms with van der Waals surface area (Å²) in [6.45, 7) is 5.66. The topological polar surface area (TPSA) is 106 Å². The Balaban J connectivity index is 1.41. The number of alkyl halides is 4. The molecule has 1 aliphatic heterocycles. The highest BCUT2D eigenvalue weighted by Gasteiger charge is 2.35. The maximum Gasteiger partial charge on any atom is 0.406 e. The van der Waals surface area contributed by atoms with Gasteiger partial charge in [-0.25, -0.2) is 4.39 Å². The molecule has 3 aromatic heterocycles. The average Bonchev–Trinajstić information content (AvgIpc) is 3.62. The summed E-state index contributed by atoms with van der Waals surface area (Å²) in [6.07, 6.45) is -2.21. The molecule has 0 aliphatic carbocycles. The number of halogens is 4. The second-order valence-corrected chi connectivity index (χ2v) is 11.2. The van der Waals surface area contributed by atoms with Gasteiger partial charge in [-0.05, 0) is 45.4 Å². The van der Waals surface area contributed by atoms with E-state index in [1.165, 1.54) is 17.1 Å². The highest BCUT2D eigenvalue weighted by molar-refractivity contribution is 5.96. The normalized spacial score (nSPS) is 18.6. The molecule has 1 fully saturated rings. The number of aryl methyl sites for hydroxylation is 1. The average molecular weight is 577 g/mol. The summed E-state index contributed by atoms with van der Waals surface area (Å²) in [6, 6.07) is 5.98. The fourth-order valence-corrected chi connectivity index (χ4v) is 5.05. The van der Waals surface area contributed by atoms with E-state index in [4.69, 9.17) is 4.52 Å². The van der Waals surface area contributed by atoms with Gasteiger partial charge in [0.15, 0.2) is 0 Å². The number of piperidine rings is 1. The number of amides is 1. The van der Waals surface area contributed by atoms with Crippen molar-refractivity contribution in [2.45, 2.75) is 64.2 Å². The predicted octanol–water partition coefficient (Wildman–Crippen LogP) is 4.54. The van der Waals surface area contributed by atoms with Gasteiger partial charge >= 0.3 is 6.18 Å². The van der Waals surface area contributed by atoms with E-state index in [0.717, 1.165) is 4.57 Å². The van der Waals surface area contributed by atoms with Crippen LogP contribution in [0.1, 0.15) is 43.4 Å². The van der Waals surface area contributed by atoms with E-state index >= 15 is 4.39 Å². The lowest BCUT2D eigenvalue weighted by molar-refractivity contribution is -0.139. The van der Waals surface area contributed by atoms with Crippen molar-refractivity contribution in [3.8, 4) is 11.5 Å². The number of anilines is 1. The highest BCUT2D eigenvalue weighted by atomic mass is 19.4. The quantitative estimate of drug-likeness (QED) is 0.311. The van der Waals surface area contributed by atoms with E-state index in [0.29, 0.717) is 35.1 Å². The summed E-state index contributed by atoms with van der Waals surface area (Å²) in [7, 11) is 1.67. The molecule has 2 unspecified atom stereocenters. The number of fused-ring (bicyclic) bond motifs is 1. The summed E-state index contributed by atoms with van der Waals surface area (Å²) in [5, 5.41) is 14.2. The molecule has 1 aliphatic rings. The van der Waals surface area contributed by atoms with Crippen LogP contribution >= 0.6 is 0 Å². The van der Waals surface area contributed by atoms with Gasteiger partial charge in [-0.1, -0.05) is 11.2 Å². The highest BCUT2D eigenvalue weighted by Crippen LogP contribution is 2.35. The lowest BCUT2D eigenvalue weighted by atomic mass is 9.96. The molecule has 1 amide bonds. The second kappa shape index (κ2) is 10.8. The summed E-state index contributed by atoms with van der Waals surface area (Å²) in [5.74, 6) is -0.464. The number of carbonyl (C=O) groups excluding carboxylic acids is 1. The predicted molar refractivity (Wildman–Crippen MR) is 144 cm³/mol. The van der Waals surface area contributed by atoms with Crippen LogP contribution in [0.4, 0.5) is 23.2 Å². The first kappa shape index (κ1) is 28.6. The third-order valence-electron chi connectivity index (χ3n) is 7.18. The lowest BCUT2D eigenvalue weighted by Crippen LogP contribution is -2.54. The number of likely N-dealkylation sites (tertiary alicyclic amines) is 1. The minimum absolute atomic E-state index is 0.0188. The number of rotatable bonds is 7. The molecule has 0 spiro atoms. The minimum atomic E-state index is -4.53. The van der Waals surface area contributed by atoms with Crippen LogP contribution in [0.3, 0.4) is 0 Å². The van der Waals surface area contributed by atoms with E-state index < -0.39 is 30.8 Å². The molecule has 0 radical (unpaired) electrons. The Labute approximate surface area is 233 Å². The molecule has 2 N–H and O–H groups in total. The van der Waals surface area contributed by atoms with Crippen molar-refractivity contribution in [2.75, 3.05) is 18.4 Å². The fraction of sp³-hybridized carbons (Fsp3) is 0.481.